The highest BCUT2D eigenvalue weighted by molar-refractivity contribution is 9.10. The van der Waals surface area contributed by atoms with Gasteiger partial charge in [0.2, 0.25) is 0 Å². The first-order chi connectivity index (χ1) is 8.62. The Morgan fingerprint density at radius 2 is 2.06 bits per heavy atom. The molecule has 0 aliphatic carbocycles. The monoisotopic (exact) mass is 313 g/mol. The van der Waals surface area contributed by atoms with Gasteiger partial charge in [0.05, 0.1) is 7.11 Å². The van der Waals surface area contributed by atoms with E-state index in [4.69, 9.17) is 4.74 Å². The third kappa shape index (κ3) is 4.29. The Labute approximate surface area is 119 Å². The van der Waals surface area contributed by atoms with Gasteiger partial charge in [0.15, 0.2) is 0 Å². The van der Waals surface area contributed by atoms with Gasteiger partial charge < -0.3 is 10.1 Å². The maximum atomic E-state index is 5.29. The average molecular weight is 314 g/mol. The Morgan fingerprint density at radius 1 is 1.33 bits per heavy atom. The predicted molar refractivity (Wildman–Crippen MR) is 81.3 cm³/mol. The van der Waals surface area contributed by atoms with E-state index >= 15 is 0 Å². The van der Waals surface area contributed by atoms with E-state index in [0.717, 1.165) is 25.1 Å². The fourth-order valence-corrected chi connectivity index (χ4v) is 2.74. The molecule has 1 aromatic rings. The average Bonchev–Trinajstić information content (AvgIpc) is 2.38. The third-order valence-corrected chi connectivity index (χ3v) is 4.16. The van der Waals surface area contributed by atoms with Gasteiger partial charge in [-0.1, -0.05) is 36.7 Å². The fourth-order valence-electron chi connectivity index (χ4n) is 2.33. The molecule has 0 heterocycles. The molecule has 2 atom stereocenters. The van der Waals surface area contributed by atoms with E-state index in [1.165, 1.54) is 10.0 Å². The molecular weight excluding hydrogens is 290 g/mol. The Hall–Kier alpha value is -0.540. The molecule has 0 aliphatic heterocycles. The summed E-state index contributed by atoms with van der Waals surface area (Å²) in [6.45, 7) is 7.74. The Bertz CT molecular complexity index is 368. The molecule has 0 saturated carbocycles. The van der Waals surface area contributed by atoms with Crippen LogP contribution in [-0.2, 0) is 6.42 Å². The lowest BCUT2D eigenvalue weighted by atomic mass is 9.92. The number of halogens is 1. The second-order valence-corrected chi connectivity index (χ2v) is 5.57. The molecule has 0 spiro atoms. The van der Waals surface area contributed by atoms with E-state index in [2.05, 4.69) is 54.2 Å². The molecule has 0 radical (unpaired) electrons. The SMILES string of the molecule is CCNC(CC)C(C)Cc1cc(OC)ccc1Br. The van der Waals surface area contributed by atoms with Gasteiger partial charge in [0.25, 0.3) is 0 Å². The number of ether oxygens (including phenoxy) is 1. The van der Waals surface area contributed by atoms with Crippen LogP contribution in [0.15, 0.2) is 22.7 Å². The van der Waals surface area contributed by atoms with E-state index in [-0.39, 0.29) is 0 Å². The Morgan fingerprint density at radius 3 is 2.61 bits per heavy atom. The minimum atomic E-state index is 0.577. The molecular formula is C15H24BrNO. The lowest BCUT2D eigenvalue weighted by Crippen LogP contribution is -2.35. The lowest BCUT2D eigenvalue weighted by Gasteiger charge is -2.24. The summed E-state index contributed by atoms with van der Waals surface area (Å²) in [5, 5.41) is 3.55. The molecule has 1 aromatic carbocycles. The highest BCUT2D eigenvalue weighted by Gasteiger charge is 2.16. The molecule has 0 saturated heterocycles. The molecule has 2 nitrogen and oxygen atoms in total. The van der Waals surface area contributed by atoms with Gasteiger partial charge in [-0.05, 0) is 49.1 Å². The standard InChI is InChI=1S/C15H24BrNO/c1-5-15(17-6-2)11(3)9-12-10-13(18-4)7-8-14(12)16/h7-8,10-11,15,17H,5-6,9H2,1-4H3. The van der Waals surface area contributed by atoms with Crippen molar-refractivity contribution in [2.75, 3.05) is 13.7 Å². The van der Waals surface area contributed by atoms with Crippen LogP contribution in [-0.4, -0.2) is 19.7 Å². The molecule has 0 aromatic heterocycles. The van der Waals surface area contributed by atoms with Crippen molar-refractivity contribution in [2.45, 2.75) is 39.7 Å². The van der Waals surface area contributed by atoms with Gasteiger partial charge >= 0.3 is 0 Å². The van der Waals surface area contributed by atoms with Gasteiger partial charge in [-0.25, -0.2) is 0 Å². The highest BCUT2D eigenvalue weighted by atomic mass is 79.9. The summed E-state index contributed by atoms with van der Waals surface area (Å²) in [7, 11) is 1.71. The van der Waals surface area contributed by atoms with Crippen LogP contribution in [0.1, 0.15) is 32.8 Å². The number of benzene rings is 1. The second-order valence-electron chi connectivity index (χ2n) is 4.71. The summed E-state index contributed by atoms with van der Waals surface area (Å²) < 4.78 is 6.46. The number of methoxy groups -OCH3 is 1. The smallest absolute Gasteiger partial charge is 0.119 e. The van der Waals surface area contributed by atoms with E-state index in [1.54, 1.807) is 7.11 Å². The first kappa shape index (κ1) is 15.5. The fraction of sp³-hybridized carbons (Fsp3) is 0.600. The molecule has 1 N–H and O–H groups in total. The molecule has 0 amide bonds. The third-order valence-electron chi connectivity index (χ3n) is 3.39. The van der Waals surface area contributed by atoms with Gasteiger partial charge in [-0.3, -0.25) is 0 Å². The van der Waals surface area contributed by atoms with Gasteiger partial charge in [-0.2, -0.15) is 0 Å². The molecule has 0 aliphatic rings. The molecule has 2 unspecified atom stereocenters. The maximum Gasteiger partial charge on any atom is 0.119 e. The zero-order valence-corrected chi connectivity index (χ0v) is 13.4. The first-order valence-corrected chi connectivity index (χ1v) is 7.47. The van der Waals surface area contributed by atoms with Crippen molar-refractivity contribution in [3.63, 3.8) is 0 Å². The van der Waals surface area contributed by atoms with Crippen molar-refractivity contribution in [2.24, 2.45) is 5.92 Å². The molecule has 0 fully saturated rings. The van der Waals surface area contributed by atoms with Crippen LogP contribution in [0.3, 0.4) is 0 Å². The maximum absolute atomic E-state index is 5.29. The summed E-state index contributed by atoms with van der Waals surface area (Å²) >= 11 is 3.62. The minimum Gasteiger partial charge on any atom is -0.497 e. The number of hydrogen-bond donors (Lipinski definition) is 1. The van der Waals surface area contributed by atoms with Crippen molar-refractivity contribution in [1.29, 1.82) is 0 Å². The van der Waals surface area contributed by atoms with Crippen LogP contribution >= 0.6 is 15.9 Å². The van der Waals surface area contributed by atoms with Crippen molar-refractivity contribution in [3.8, 4) is 5.75 Å². The van der Waals surface area contributed by atoms with Crippen LogP contribution in [0, 0.1) is 5.92 Å². The quantitative estimate of drug-likeness (QED) is 0.820. The molecule has 0 bridgehead atoms. The van der Waals surface area contributed by atoms with E-state index in [1.807, 2.05) is 6.07 Å². The topological polar surface area (TPSA) is 21.3 Å². The van der Waals surface area contributed by atoms with Crippen molar-refractivity contribution < 1.29 is 4.74 Å². The van der Waals surface area contributed by atoms with Crippen LogP contribution in [0.2, 0.25) is 0 Å². The lowest BCUT2D eigenvalue weighted by molar-refractivity contribution is 0.369. The van der Waals surface area contributed by atoms with E-state index < -0.39 is 0 Å². The van der Waals surface area contributed by atoms with E-state index in [9.17, 15) is 0 Å². The number of nitrogens with one attached hydrogen (secondary N) is 1. The van der Waals surface area contributed by atoms with Crippen LogP contribution in [0.5, 0.6) is 5.75 Å². The van der Waals surface area contributed by atoms with Crippen molar-refractivity contribution in [3.05, 3.63) is 28.2 Å². The normalized spacial score (nSPS) is 14.3. The zero-order valence-electron chi connectivity index (χ0n) is 11.8. The Balaban J connectivity index is 2.76. The molecule has 18 heavy (non-hydrogen) atoms. The summed E-state index contributed by atoms with van der Waals surface area (Å²) in [4.78, 5) is 0. The van der Waals surface area contributed by atoms with Crippen LogP contribution in [0.4, 0.5) is 0 Å². The summed E-state index contributed by atoms with van der Waals surface area (Å²) in [6.07, 6.45) is 2.22. The number of hydrogen-bond acceptors (Lipinski definition) is 2. The van der Waals surface area contributed by atoms with Crippen LogP contribution < -0.4 is 10.1 Å². The summed E-state index contributed by atoms with van der Waals surface area (Å²) in [5.41, 5.74) is 1.32. The summed E-state index contributed by atoms with van der Waals surface area (Å²) in [6, 6.07) is 6.75. The number of rotatable bonds is 7. The highest BCUT2D eigenvalue weighted by Crippen LogP contribution is 2.26. The largest absolute Gasteiger partial charge is 0.497 e. The van der Waals surface area contributed by atoms with Gasteiger partial charge in [0, 0.05) is 10.5 Å². The van der Waals surface area contributed by atoms with Gasteiger partial charge in [-0.15, -0.1) is 0 Å². The van der Waals surface area contributed by atoms with Crippen molar-refractivity contribution >= 4 is 15.9 Å². The summed E-state index contributed by atoms with van der Waals surface area (Å²) in [5.74, 6) is 1.54. The molecule has 3 heteroatoms. The molecule has 1 rings (SSSR count). The minimum absolute atomic E-state index is 0.577. The Kier molecular flexibility index (Phi) is 6.72. The first-order valence-electron chi connectivity index (χ1n) is 6.68. The second kappa shape index (κ2) is 7.80. The zero-order chi connectivity index (χ0) is 13.5. The molecule has 102 valence electrons. The van der Waals surface area contributed by atoms with Crippen LogP contribution in [0.25, 0.3) is 0 Å². The van der Waals surface area contributed by atoms with Crippen molar-refractivity contribution in [1.82, 2.24) is 5.32 Å². The predicted octanol–water partition coefficient (Wildman–Crippen LogP) is 4.02. The van der Waals surface area contributed by atoms with E-state index in [0.29, 0.717) is 12.0 Å². The van der Waals surface area contributed by atoms with Gasteiger partial charge in [0.1, 0.15) is 5.75 Å².